The van der Waals surface area contributed by atoms with Crippen LogP contribution in [0.3, 0.4) is 0 Å². The smallest absolute Gasteiger partial charge is 0.129 e. The van der Waals surface area contributed by atoms with Crippen LogP contribution >= 0.6 is 0 Å². The number of hydrogen-bond acceptors (Lipinski definition) is 2. The van der Waals surface area contributed by atoms with Gasteiger partial charge in [-0.1, -0.05) is 43.8 Å². The van der Waals surface area contributed by atoms with Crippen LogP contribution in [-0.4, -0.2) is 18.0 Å². The molecule has 3 heteroatoms. The molecule has 0 fully saturated rings. The Morgan fingerprint density at radius 1 is 0.900 bits per heavy atom. The van der Waals surface area contributed by atoms with Crippen molar-refractivity contribution < 1.29 is 0 Å². The van der Waals surface area contributed by atoms with Crippen molar-refractivity contribution in [2.45, 2.75) is 19.6 Å². The van der Waals surface area contributed by atoms with Gasteiger partial charge in [0.05, 0.1) is 11.0 Å². The molecule has 98 valence electrons. The maximum Gasteiger partial charge on any atom is 0.129 e. The molecule has 0 aliphatic heterocycles. The number of benzene rings is 1. The first-order valence-electron chi connectivity index (χ1n) is 6.70. The predicted octanol–water partition coefficient (Wildman–Crippen LogP) is 4.01. The molecule has 0 spiro atoms. The summed E-state index contributed by atoms with van der Waals surface area (Å²) >= 11 is 0. The zero-order valence-electron chi connectivity index (χ0n) is 11.9. The van der Waals surface area contributed by atoms with E-state index in [9.17, 15) is 0 Å². The number of pyridine rings is 2. The Morgan fingerprint density at radius 3 is 2.50 bits per heavy atom. The van der Waals surface area contributed by atoms with Gasteiger partial charge in [0.1, 0.15) is 8.07 Å². The highest BCUT2D eigenvalue weighted by Crippen LogP contribution is 2.23. The molecular weight excluding hydrogens is 260 g/mol. The van der Waals surface area contributed by atoms with Crippen LogP contribution in [0.4, 0.5) is 0 Å². The highest BCUT2D eigenvalue weighted by molar-refractivity contribution is 6.83. The van der Waals surface area contributed by atoms with E-state index in [1.807, 2.05) is 24.5 Å². The Bertz CT molecular complexity index is 851. The van der Waals surface area contributed by atoms with Gasteiger partial charge in [-0.25, -0.2) is 0 Å². The molecule has 1 aromatic carbocycles. The molecular formula is C17H16N2Si. The summed E-state index contributed by atoms with van der Waals surface area (Å²) in [6.45, 7) is 6.75. The second-order valence-electron chi connectivity index (χ2n) is 5.90. The Labute approximate surface area is 119 Å². The third-order valence-electron chi connectivity index (χ3n) is 3.06. The van der Waals surface area contributed by atoms with E-state index in [4.69, 9.17) is 0 Å². The van der Waals surface area contributed by atoms with Crippen molar-refractivity contribution in [1.82, 2.24) is 9.97 Å². The van der Waals surface area contributed by atoms with Crippen molar-refractivity contribution in [2.24, 2.45) is 0 Å². The van der Waals surface area contributed by atoms with E-state index in [1.54, 1.807) is 0 Å². The lowest BCUT2D eigenvalue weighted by molar-refractivity contribution is 1.37. The zero-order chi connectivity index (χ0) is 14.2. The minimum Gasteiger partial charge on any atom is -0.254 e. The van der Waals surface area contributed by atoms with E-state index in [-0.39, 0.29) is 0 Å². The lowest BCUT2D eigenvalue weighted by Crippen LogP contribution is -2.16. The number of fused-ring (bicyclic) bond motifs is 3. The van der Waals surface area contributed by atoms with Crippen LogP contribution in [0.1, 0.15) is 5.56 Å². The quantitative estimate of drug-likeness (QED) is 0.352. The summed E-state index contributed by atoms with van der Waals surface area (Å²) in [6, 6.07) is 10.2. The third-order valence-corrected chi connectivity index (χ3v) is 3.93. The fraction of sp³-hybridized carbons (Fsp3) is 0.176. The summed E-state index contributed by atoms with van der Waals surface area (Å²) in [5, 5.41) is 2.20. The third kappa shape index (κ3) is 2.43. The van der Waals surface area contributed by atoms with Crippen LogP contribution in [0.5, 0.6) is 0 Å². The lowest BCUT2D eigenvalue weighted by atomic mass is 10.1. The minimum atomic E-state index is -1.38. The van der Waals surface area contributed by atoms with Crippen molar-refractivity contribution in [3.8, 4) is 11.5 Å². The van der Waals surface area contributed by atoms with Gasteiger partial charge in [0, 0.05) is 28.7 Å². The van der Waals surface area contributed by atoms with Gasteiger partial charge in [0.2, 0.25) is 0 Å². The number of rotatable bonds is 0. The first-order valence-corrected chi connectivity index (χ1v) is 10.2. The topological polar surface area (TPSA) is 25.8 Å². The number of aromatic nitrogens is 2. The maximum absolute atomic E-state index is 4.50. The van der Waals surface area contributed by atoms with Crippen LogP contribution in [0.2, 0.25) is 19.6 Å². The standard InChI is InChI=1S/C17H16N2Si/c1-20(2,3)12-9-13-8-11-19-17-15(13)7-6-14-5-4-10-18-16(14)17/h4-8,10-11H,1-3H3. The van der Waals surface area contributed by atoms with Crippen LogP contribution in [-0.2, 0) is 0 Å². The Morgan fingerprint density at radius 2 is 1.70 bits per heavy atom. The van der Waals surface area contributed by atoms with Crippen molar-refractivity contribution in [3.63, 3.8) is 0 Å². The summed E-state index contributed by atoms with van der Waals surface area (Å²) in [4.78, 5) is 8.95. The second kappa shape index (κ2) is 4.73. The van der Waals surface area contributed by atoms with Gasteiger partial charge in [0.25, 0.3) is 0 Å². The molecule has 0 radical (unpaired) electrons. The summed E-state index contributed by atoms with van der Waals surface area (Å²) in [5.74, 6) is 3.34. The van der Waals surface area contributed by atoms with Crippen LogP contribution in [0.15, 0.2) is 42.7 Å². The molecule has 0 aliphatic rings. The molecule has 0 N–H and O–H groups in total. The van der Waals surface area contributed by atoms with E-state index in [1.165, 1.54) is 0 Å². The highest BCUT2D eigenvalue weighted by atomic mass is 28.3. The Hall–Kier alpha value is -2.18. The number of nitrogens with zero attached hydrogens (tertiary/aromatic N) is 2. The van der Waals surface area contributed by atoms with E-state index in [0.29, 0.717) is 0 Å². The molecule has 0 bridgehead atoms. The predicted molar refractivity (Wildman–Crippen MR) is 87.3 cm³/mol. The van der Waals surface area contributed by atoms with Crippen molar-refractivity contribution >= 4 is 29.9 Å². The first-order chi connectivity index (χ1) is 9.54. The van der Waals surface area contributed by atoms with Gasteiger partial charge < -0.3 is 0 Å². The van der Waals surface area contributed by atoms with Crippen molar-refractivity contribution in [3.05, 3.63) is 48.3 Å². The van der Waals surface area contributed by atoms with Crippen molar-refractivity contribution in [2.75, 3.05) is 0 Å². The zero-order valence-corrected chi connectivity index (χ0v) is 12.9. The van der Waals surface area contributed by atoms with Gasteiger partial charge in [-0.2, -0.15) is 0 Å². The highest BCUT2D eigenvalue weighted by Gasteiger charge is 2.09. The molecule has 20 heavy (non-hydrogen) atoms. The van der Waals surface area contributed by atoms with Crippen LogP contribution in [0, 0.1) is 11.5 Å². The molecule has 0 saturated heterocycles. The van der Waals surface area contributed by atoms with Gasteiger partial charge in [-0.3, -0.25) is 9.97 Å². The Balaban J connectivity index is 2.30. The summed E-state index contributed by atoms with van der Waals surface area (Å²) in [5.41, 5.74) is 6.35. The largest absolute Gasteiger partial charge is 0.254 e. The summed E-state index contributed by atoms with van der Waals surface area (Å²) in [7, 11) is -1.38. The molecule has 0 saturated carbocycles. The summed E-state index contributed by atoms with van der Waals surface area (Å²) in [6.07, 6.45) is 3.63. The van der Waals surface area contributed by atoms with E-state index < -0.39 is 8.07 Å². The van der Waals surface area contributed by atoms with Crippen LogP contribution < -0.4 is 0 Å². The molecule has 3 rings (SSSR count). The summed E-state index contributed by atoms with van der Waals surface area (Å²) < 4.78 is 0. The van der Waals surface area contributed by atoms with E-state index >= 15 is 0 Å². The monoisotopic (exact) mass is 276 g/mol. The molecule has 2 nitrogen and oxygen atoms in total. The van der Waals surface area contributed by atoms with Gasteiger partial charge in [0.15, 0.2) is 0 Å². The number of hydrogen-bond donors (Lipinski definition) is 0. The average molecular weight is 276 g/mol. The first kappa shape index (κ1) is 12.8. The SMILES string of the molecule is C[Si](C)(C)C#Cc1ccnc2c1ccc1cccnc12. The average Bonchev–Trinajstić information content (AvgIpc) is 2.44. The molecule has 2 aromatic heterocycles. The maximum atomic E-state index is 4.50. The normalized spacial score (nSPS) is 11.3. The lowest BCUT2D eigenvalue weighted by Gasteiger charge is -2.06. The van der Waals surface area contributed by atoms with Crippen molar-refractivity contribution in [1.29, 1.82) is 0 Å². The molecule has 0 amide bonds. The van der Waals surface area contributed by atoms with Crippen LogP contribution in [0.25, 0.3) is 21.8 Å². The fourth-order valence-electron chi connectivity index (χ4n) is 2.12. The minimum absolute atomic E-state index is 0.936. The molecule has 0 aliphatic carbocycles. The van der Waals surface area contributed by atoms with E-state index in [0.717, 1.165) is 27.4 Å². The molecule has 2 heterocycles. The fourth-order valence-corrected chi connectivity index (χ4v) is 2.63. The molecule has 3 aromatic rings. The van der Waals surface area contributed by atoms with Gasteiger partial charge in [-0.05, 0) is 12.1 Å². The molecule has 0 unspecified atom stereocenters. The van der Waals surface area contributed by atoms with E-state index in [2.05, 4.69) is 59.3 Å². The van der Waals surface area contributed by atoms with Gasteiger partial charge in [-0.15, -0.1) is 5.54 Å². The van der Waals surface area contributed by atoms with Gasteiger partial charge >= 0.3 is 0 Å². The molecule has 0 atom stereocenters. The Kier molecular flexibility index (Phi) is 3.04. The second-order valence-corrected chi connectivity index (χ2v) is 10.6.